The van der Waals surface area contributed by atoms with Crippen molar-refractivity contribution in [1.29, 1.82) is 0 Å². The fraction of sp³-hybridized carbons (Fsp3) is 0.714. The maximum Gasteiger partial charge on any atom is 0.139 e. The number of thiazole rings is 1. The summed E-state index contributed by atoms with van der Waals surface area (Å²) in [5, 5.41) is 2.97. The standard InChI is InChI=1S/C14H24N2OS/c1-13(2,3)11-9-18-12(16-11)8-10(17)6-7-14(4,5)15/h9H,6-8,15H2,1-5H3. The van der Waals surface area contributed by atoms with Gasteiger partial charge in [-0.05, 0) is 20.3 Å². The first-order valence-corrected chi connectivity index (χ1v) is 7.21. The Morgan fingerprint density at radius 2 is 1.94 bits per heavy atom. The number of carbonyl (C=O) groups is 1. The third-order valence-corrected chi connectivity index (χ3v) is 3.57. The number of hydrogen-bond acceptors (Lipinski definition) is 4. The Hall–Kier alpha value is -0.740. The van der Waals surface area contributed by atoms with Gasteiger partial charge in [0.05, 0.1) is 12.1 Å². The Bertz CT molecular complexity index is 410. The minimum atomic E-state index is -0.269. The van der Waals surface area contributed by atoms with Crippen molar-refractivity contribution in [2.75, 3.05) is 0 Å². The Balaban J connectivity index is 2.53. The highest BCUT2D eigenvalue weighted by atomic mass is 32.1. The van der Waals surface area contributed by atoms with Gasteiger partial charge < -0.3 is 5.73 Å². The largest absolute Gasteiger partial charge is 0.326 e. The molecule has 0 atom stereocenters. The van der Waals surface area contributed by atoms with Crippen molar-refractivity contribution in [3.63, 3.8) is 0 Å². The van der Waals surface area contributed by atoms with Crippen LogP contribution in [0.1, 0.15) is 58.2 Å². The smallest absolute Gasteiger partial charge is 0.139 e. The van der Waals surface area contributed by atoms with Crippen LogP contribution in [0.25, 0.3) is 0 Å². The Labute approximate surface area is 114 Å². The van der Waals surface area contributed by atoms with E-state index < -0.39 is 0 Å². The van der Waals surface area contributed by atoms with Gasteiger partial charge in [-0.25, -0.2) is 4.98 Å². The van der Waals surface area contributed by atoms with Gasteiger partial charge in [0.15, 0.2) is 0 Å². The van der Waals surface area contributed by atoms with Crippen LogP contribution in [0.4, 0.5) is 0 Å². The van der Waals surface area contributed by atoms with E-state index in [1.807, 2.05) is 13.8 Å². The molecule has 0 aromatic carbocycles. The molecule has 1 aromatic rings. The topological polar surface area (TPSA) is 56.0 Å². The molecule has 0 saturated carbocycles. The van der Waals surface area contributed by atoms with E-state index in [2.05, 4.69) is 31.1 Å². The fourth-order valence-corrected chi connectivity index (χ4v) is 2.50. The number of aromatic nitrogens is 1. The van der Waals surface area contributed by atoms with Crippen LogP contribution in [0.5, 0.6) is 0 Å². The van der Waals surface area contributed by atoms with E-state index in [4.69, 9.17) is 5.73 Å². The lowest BCUT2D eigenvalue weighted by atomic mass is 9.93. The zero-order valence-corrected chi connectivity index (χ0v) is 12.9. The van der Waals surface area contributed by atoms with E-state index in [1.54, 1.807) is 11.3 Å². The lowest BCUT2D eigenvalue weighted by molar-refractivity contribution is -0.118. The summed E-state index contributed by atoms with van der Waals surface area (Å²) in [6.45, 7) is 10.3. The first-order valence-electron chi connectivity index (χ1n) is 6.33. The number of rotatable bonds is 5. The van der Waals surface area contributed by atoms with Gasteiger partial charge in [0.25, 0.3) is 0 Å². The van der Waals surface area contributed by atoms with Gasteiger partial charge in [0, 0.05) is 22.8 Å². The molecule has 18 heavy (non-hydrogen) atoms. The molecule has 0 amide bonds. The van der Waals surface area contributed by atoms with Crippen LogP contribution in [0, 0.1) is 0 Å². The molecule has 0 aliphatic carbocycles. The summed E-state index contributed by atoms with van der Waals surface area (Å²) in [5.41, 5.74) is 6.72. The summed E-state index contributed by atoms with van der Waals surface area (Å²) < 4.78 is 0. The van der Waals surface area contributed by atoms with Gasteiger partial charge in [0.1, 0.15) is 10.8 Å². The van der Waals surface area contributed by atoms with Crippen LogP contribution in [0.3, 0.4) is 0 Å². The number of ketones is 1. The second-order valence-electron chi connectivity index (χ2n) is 6.58. The molecule has 0 unspecified atom stereocenters. The van der Waals surface area contributed by atoms with E-state index >= 15 is 0 Å². The van der Waals surface area contributed by atoms with Crippen molar-refractivity contribution in [3.05, 3.63) is 16.1 Å². The molecule has 1 rings (SSSR count). The zero-order valence-electron chi connectivity index (χ0n) is 12.0. The lowest BCUT2D eigenvalue weighted by Crippen LogP contribution is -2.32. The maximum atomic E-state index is 11.8. The van der Waals surface area contributed by atoms with Crippen molar-refractivity contribution >= 4 is 17.1 Å². The first kappa shape index (κ1) is 15.3. The molecule has 2 N–H and O–H groups in total. The quantitative estimate of drug-likeness (QED) is 0.893. The van der Waals surface area contributed by atoms with Crippen molar-refractivity contribution in [3.8, 4) is 0 Å². The molecular weight excluding hydrogens is 244 g/mol. The molecule has 0 radical (unpaired) electrons. The maximum absolute atomic E-state index is 11.8. The van der Waals surface area contributed by atoms with Gasteiger partial charge in [-0.15, -0.1) is 11.3 Å². The molecule has 0 aliphatic heterocycles. The number of nitrogens with zero attached hydrogens (tertiary/aromatic N) is 1. The predicted molar refractivity (Wildman–Crippen MR) is 77.0 cm³/mol. The molecule has 3 nitrogen and oxygen atoms in total. The Morgan fingerprint density at radius 1 is 1.33 bits per heavy atom. The summed E-state index contributed by atoms with van der Waals surface area (Å²) in [6.07, 6.45) is 1.70. The molecule has 4 heteroatoms. The van der Waals surface area contributed by atoms with Gasteiger partial charge >= 0.3 is 0 Å². The molecule has 0 bridgehead atoms. The molecule has 1 aromatic heterocycles. The first-order chi connectivity index (χ1) is 8.08. The van der Waals surface area contributed by atoms with Crippen LogP contribution in [-0.2, 0) is 16.6 Å². The van der Waals surface area contributed by atoms with Crippen LogP contribution in [0.15, 0.2) is 5.38 Å². The average Bonchev–Trinajstić information content (AvgIpc) is 2.61. The highest BCUT2D eigenvalue weighted by Gasteiger charge is 2.19. The number of nitrogens with two attached hydrogens (primary N) is 1. The summed E-state index contributed by atoms with van der Waals surface area (Å²) in [5.74, 6) is 0.225. The highest BCUT2D eigenvalue weighted by Crippen LogP contribution is 2.24. The molecule has 102 valence electrons. The highest BCUT2D eigenvalue weighted by molar-refractivity contribution is 7.09. The van der Waals surface area contributed by atoms with Crippen LogP contribution < -0.4 is 5.73 Å². The van der Waals surface area contributed by atoms with Gasteiger partial charge in [-0.3, -0.25) is 4.79 Å². The zero-order chi connectivity index (χ0) is 14.0. The minimum absolute atomic E-state index is 0.0526. The van der Waals surface area contributed by atoms with Crippen molar-refractivity contribution in [2.24, 2.45) is 5.73 Å². The second-order valence-corrected chi connectivity index (χ2v) is 7.52. The minimum Gasteiger partial charge on any atom is -0.326 e. The van der Waals surface area contributed by atoms with Crippen LogP contribution in [-0.4, -0.2) is 16.3 Å². The van der Waals surface area contributed by atoms with E-state index in [1.165, 1.54) is 0 Å². The summed E-state index contributed by atoms with van der Waals surface area (Å²) >= 11 is 1.57. The lowest BCUT2D eigenvalue weighted by Gasteiger charge is -2.17. The summed E-state index contributed by atoms with van der Waals surface area (Å²) in [7, 11) is 0. The Morgan fingerprint density at radius 3 is 2.39 bits per heavy atom. The summed E-state index contributed by atoms with van der Waals surface area (Å²) in [4.78, 5) is 16.4. The number of Topliss-reactive ketones (excluding diaryl/α,β-unsaturated/α-hetero) is 1. The molecule has 0 spiro atoms. The molecule has 0 aliphatic rings. The van der Waals surface area contributed by atoms with Gasteiger partial charge in [-0.1, -0.05) is 20.8 Å². The molecular formula is C14H24N2OS. The number of carbonyl (C=O) groups excluding carboxylic acids is 1. The third kappa shape index (κ3) is 5.27. The average molecular weight is 268 g/mol. The molecule has 1 heterocycles. The second kappa shape index (κ2) is 5.49. The summed E-state index contributed by atoms with van der Waals surface area (Å²) in [6, 6.07) is 0. The van der Waals surface area contributed by atoms with E-state index in [0.717, 1.165) is 17.1 Å². The van der Waals surface area contributed by atoms with E-state index in [-0.39, 0.29) is 16.7 Å². The Kier molecular flexibility index (Phi) is 4.67. The predicted octanol–water partition coefficient (Wildman–Crippen LogP) is 3.07. The fourth-order valence-electron chi connectivity index (χ4n) is 1.46. The van der Waals surface area contributed by atoms with E-state index in [0.29, 0.717) is 12.8 Å². The van der Waals surface area contributed by atoms with Crippen molar-refractivity contribution < 1.29 is 4.79 Å². The van der Waals surface area contributed by atoms with Crippen LogP contribution in [0.2, 0.25) is 0 Å². The number of hydrogen-bond donors (Lipinski definition) is 1. The molecule has 0 fully saturated rings. The van der Waals surface area contributed by atoms with Crippen molar-refractivity contribution in [2.45, 2.75) is 64.8 Å². The van der Waals surface area contributed by atoms with E-state index in [9.17, 15) is 4.79 Å². The third-order valence-electron chi connectivity index (χ3n) is 2.72. The van der Waals surface area contributed by atoms with Crippen molar-refractivity contribution in [1.82, 2.24) is 4.98 Å². The monoisotopic (exact) mass is 268 g/mol. The van der Waals surface area contributed by atoms with Crippen LogP contribution >= 0.6 is 11.3 Å². The normalized spacial score (nSPS) is 12.8. The van der Waals surface area contributed by atoms with Gasteiger partial charge in [0.2, 0.25) is 0 Å². The van der Waals surface area contributed by atoms with Gasteiger partial charge in [-0.2, -0.15) is 0 Å². The SMILES string of the molecule is CC(C)(N)CCC(=O)Cc1nc(C(C)(C)C)cs1. The molecule has 0 saturated heterocycles.